The molecule has 3 atom stereocenters. The van der Waals surface area contributed by atoms with Crippen molar-refractivity contribution in [3.63, 3.8) is 0 Å². The van der Waals surface area contributed by atoms with E-state index in [1.54, 1.807) is 36.4 Å². The highest BCUT2D eigenvalue weighted by Gasteiger charge is 2.38. The van der Waals surface area contributed by atoms with E-state index >= 15 is 0 Å². The lowest BCUT2D eigenvalue weighted by Gasteiger charge is -2.22. The van der Waals surface area contributed by atoms with Crippen molar-refractivity contribution >= 4 is 91.2 Å². The normalized spacial score (nSPS) is 12.4. The number of amides is 6. The molecule has 0 unspecified atom stereocenters. The van der Waals surface area contributed by atoms with Gasteiger partial charge >= 0.3 is 12.1 Å². The number of hydrogen-bond donors (Lipinski definition) is 13. The average Bonchev–Trinajstić information content (AvgIpc) is 2.12. The van der Waals surface area contributed by atoms with Gasteiger partial charge in [-0.3, -0.25) is 28.8 Å². The number of para-hydroxylation sites is 3. The fourth-order valence-electron chi connectivity index (χ4n) is 10.8. The summed E-state index contributed by atoms with van der Waals surface area (Å²) in [5.74, 6) is -5.31. The topological polar surface area (TPSA) is 337 Å². The summed E-state index contributed by atoms with van der Waals surface area (Å²) in [6.45, 7) is 6.27. The Morgan fingerprint density at radius 3 is 0.910 bits per heavy atom. The van der Waals surface area contributed by atoms with Crippen LogP contribution in [0.15, 0.2) is 146 Å². The van der Waals surface area contributed by atoms with Crippen LogP contribution in [0.25, 0.3) is 32.7 Å². The number of nitrogens with one attached hydrogen (secondary N) is 9. The zero-order valence-corrected chi connectivity index (χ0v) is 49.2. The number of aromatic amines is 3. The van der Waals surface area contributed by atoms with Gasteiger partial charge < -0.3 is 69.2 Å². The van der Waals surface area contributed by atoms with Gasteiger partial charge in [-0.2, -0.15) is 13.2 Å². The van der Waals surface area contributed by atoms with Crippen molar-refractivity contribution in [2.75, 3.05) is 35.6 Å². The Bertz CT molecular complexity index is 3600. The number of aryl methyl sites for hydroxylation is 3. The average molecular weight is 1220 g/mol. The van der Waals surface area contributed by atoms with Crippen LogP contribution in [-0.2, 0) is 52.8 Å². The van der Waals surface area contributed by atoms with Crippen LogP contribution >= 0.6 is 0 Å². The summed E-state index contributed by atoms with van der Waals surface area (Å²) in [5, 5.41) is 27.5. The first-order valence-electron chi connectivity index (χ1n) is 28.8. The summed E-state index contributed by atoms with van der Waals surface area (Å²) in [5.41, 5.74) is 29.9. The Balaban J connectivity index is 0.00000138. The Hall–Kier alpha value is -10.1. The van der Waals surface area contributed by atoms with Gasteiger partial charge in [-0.25, -0.2) is 4.79 Å². The maximum absolute atomic E-state index is 13.8. The third-order valence-electron chi connectivity index (χ3n) is 15.2. The summed E-state index contributed by atoms with van der Waals surface area (Å²) in [7, 11) is 0. The Labute approximate surface area is 510 Å². The van der Waals surface area contributed by atoms with E-state index in [0.29, 0.717) is 17.1 Å². The molecular weight excluding hydrogens is 1150 g/mol. The van der Waals surface area contributed by atoms with Crippen LogP contribution in [0.2, 0.25) is 0 Å². The van der Waals surface area contributed by atoms with E-state index in [2.05, 4.69) is 46.9 Å². The van der Waals surface area contributed by atoms with Crippen molar-refractivity contribution in [1.29, 1.82) is 0 Å². The molecule has 3 heterocycles. The van der Waals surface area contributed by atoms with E-state index in [4.69, 9.17) is 27.1 Å². The second-order valence-corrected chi connectivity index (χ2v) is 21.5. The molecule has 0 radical (unpaired) electrons. The number of carboxylic acids is 1. The molecule has 0 aliphatic carbocycles. The number of hydrogen-bond acceptors (Lipinski definition) is 10. The van der Waals surface area contributed by atoms with Gasteiger partial charge in [0.25, 0.3) is 0 Å². The molecule has 0 aliphatic rings. The lowest BCUT2D eigenvalue weighted by Crippen LogP contribution is -2.45. The zero-order valence-electron chi connectivity index (χ0n) is 49.2. The number of rotatable bonds is 24. The van der Waals surface area contributed by atoms with Gasteiger partial charge in [0, 0.05) is 72.8 Å². The van der Waals surface area contributed by atoms with Gasteiger partial charge in [0.2, 0.25) is 35.4 Å². The molecule has 9 aromatic rings. The smallest absolute Gasteiger partial charge is 0.475 e. The fourth-order valence-corrected chi connectivity index (χ4v) is 10.8. The van der Waals surface area contributed by atoms with Crippen molar-refractivity contribution in [2.24, 2.45) is 17.2 Å². The molecule has 0 saturated heterocycles. The number of carboxylic acid groups (broad SMARTS) is 1. The van der Waals surface area contributed by atoms with E-state index in [1.807, 2.05) is 130 Å². The Morgan fingerprint density at radius 1 is 0.427 bits per heavy atom. The number of H-pyrrole nitrogens is 3. The number of fused-ring (bicyclic) bond motifs is 3. The van der Waals surface area contributed by atoms with Crippen LogP contribution in [0.4, 0.5) is 30.2 Å². The third-order valence-corrected chi connectivity index (χ3v) is 15.2. The Kier molecular flexibility index (Phi) is 21.5. The number of aromatic nitrogens is 3. The molecule has 20 nitrogen and oxygen atoms in total. The summed E-state index contributed by atoms with van der Waals surface area (Å²) >= 11 is 0. The van der Waals surface area contributed by atoms with Crippen molar-refractivity contribution < 1.29 is 51.8 Å². The van der Waals surface area contributed by atoms with Crippen LogP contribution in [0.1, 0.15) is 75.6 Å². The number of benzene rings is 6. The SMILES string of the molecule is Cc1[nH]c2ccccc2c1CC(=O)N[C@@H](CCN)C(=O)Nc1ccc(C(c2ccc(NC(=O)[C@H](CCN)NC(=O)Cc3c(C)[nH]c4ccccc34)cc2)c2ccc(NC(=O)[C@H](CCN)NC(=O)Cc3c(C)[nH]c4ccccc34)cc2)cc1.O=C(O)C(F)(F)F. The number of aliphatic carboxylic acids is 1. The van der Waals surface area contributed by atoms with Gasteiger partial charge in [-0.15, -0.1) is 0 Å². The molecule has 6 amide bonds. The molecule has 464 valence electrons. The van der Waals surface area contributed by atoms with Gasteiger partial charge in [-0.1, -0.05) is 91.0 Å². The predicted octanol–water partition coefficient (Wildman–Crippen LogP) is 7.91. The lowest BCUT2D eigenvalue weighted by atomic mass is 9.85. The third kappa shape index (κ3) is 16.7. The fraction of sp³-hybridized carbons (Fsp3) is 0.258. The van der Waals surface area contributed by atoms with Gasteiger partial charge in [0.15, 0.2) is 0 Å². The minimum atomic E-state index is -5.08. The van der Waals surface area contributed by atoms with Crippen LogP contribution in [-0.4, -0.2) is 105 Å². The first kappa shape index (κ1) is 64.9. The van der Waals surface area contributed by atoms with Crippen molar-refractivity contribution in [3.8, 4) is 0 Å². The zero-order chi connectivity index (χ0) is 63.9. The van der Waals surface area contributed by atoms with Crippen molar-refractivity contribution in [2.45, 2.75) is 89.5 Å². The molecule has 3 aromatic heterocycles. The molecule has 0 saturated carbocycles. The van der Waals surface area contributed by atoms with E-state index in [0.717, 1.165) is 83.2 Å². The van der Waals surface area contributed by atoms with Gasteiger partial charge in [-0.05, 0) is 148 Å². The van der Waals surface area contributed by atoms with Crippen LogP contribution in [0.5, 0.6) is 0 Å². The predicted molar refractivity (Wildman–Crippen MR) is 337 cm³/mol. The van der Waals surface area contributed by atoms with Gasteiger partial charge in [0.1, 0.15) is 18.1 Å². The molecule has 23 heteroatoms. The maximum Gasteiger partial charge on any atom is 0.490 e. The molecule has 89 heavy (non-hydrogen) atoms. The molecule has 0 bridgehead atoms. The first-order valence-corrected chi connectivity index (χ1v) is 28.8. The van der Waals surface area contributed by atoms with Crippen LogP contribution in [0.3, 0.4) is 0 Å². The van der Waals surface area contributed by atoms with E-state index in [9.17, 15) is 41.9 Å². The van der Waals surface area contributed by atoms with E-state index in [-0.39, 0.29) is 75.9 Å². The van der Waals surface area contributed by atoms with Gasteiger partial charge in [0.05, 0.1) is 19.3 Å². The molecular formula is C66H71F3N12O8. The second-order valence-electron chi connectivity index (χ2n) is 21.5. The number of alkyl halides is 3. The highest BCUT2D eigenvalue weighted by Crippen LogP contribution is 2.35. The Morgan fingerprint density at radius 2 is 0.674 bits per heavy atom. The summed E-state index contributed by atoms with van der Waals surface area (Å²) < 4.78 is 31.7. The van der Waals surface area contributed by atoms with E-state index < -0.39 is 53.9 Å². The second kappa shape index (κ2) is 29.5. The number of anilines is 3. The number of carbonyl (C=O) groups is 7. The highest BCUT2D eigenvalue weighted by atomic mass is 19.4. The van der Waals surface area contributed by atoms with E-state index in [1.165, 1.54) is 0 Å². The summed E-state index contributed by atoms with van der Waals surface area (Å²) in [4.78, 5) is 101. The monoisotopic (exact) mass is 1220 g/mol. The largest absolute Gasteiger partial charge is 0.490 e. The van der Waals surface area contributed by atoms with Crippen LogP contribution in [0, 0.1) is 20.8 Å². The minimum Gasteiger partial charge on any atom is -0.475 e. The molecule has 0 spiro atoms. The summed E-state index contributed by atoms with van der Waals surface area (Å²) in [6, 6.07) is 42.8. The quantitative estimate of drug-likeness (QED) is 0.0258. The lowest BCUT2D eigenvalue weighted by molar-refractivity contribution is -0.192. The number of halogens is 3. The van der Waals surface area contributed by atoms with Crippen molar-refractivity contribution in [1.82, 2.24) is 30.9 Å². The van der Waals surface area contributed by atoms with Crippen molar-refractivity contribution in [3.05, 3.63) is 196 Å². The molecule has 0 aliphatic heterocycles. The minimum absolute atomic E-state index is 0.0841. The molecule has 16 N–H and O–H groups in total. The molecule has 6 aromatic carbocycles. The first-order chi connectivity index (χ1) is 42.6. The standard InChI is InChI=1S/C64H70N12O6.C2HF3O2/c1-37-49(46-10-4-7-13-52(46)68-37)34-58(77)74-55(28-31-65)62(80)71-43-22-16-40(17-23-43)61(41-18-24-44(25-19-41)72-63(81)56(29-32-66)75-59(78)35-50-38(2)69-53-14-8-5-11-47(50)53)42-20-26-45(27-21-42)73-64(82)57(30-33-67)76-60(79)36-51-39(3)70-54-15-9-6-12-48(51)54;3-2(4,5)1(6)7/h4-27,55-57,61,68-70H,28-36,65-67H2,1-3H3,(H,71,80)(H,72,81)(H,73,82)(H,74,77)(H,75,78)(H,76,79);(H,6,7)/t55-,56-,57-;/m0./s1. The number of nitrogens with two attached hydrogens (primary N) is 3. The maximum atomic E-state index is 13.8. The number of carbonyl (C=O) groups excluding carboxylic acids is 6. The highest BCUT2D eigenvalue weighted by molar-refractivity contribution is 6.01. The molecule has 9 rings (SSSR count). The van der Waals surface area contributed by atoms with Crippen LogP contribution < -0.4 is 49.1 Å². The molecule has 0 fully saturated rings. The summed E-state index contributed by atoms with van der Waals surface area (Å²) in [6.07, 6.45) is -4.17.